The number of aliphatic hydroxyl groups excluding tert-OH is 1. The van der Waals surface area contributed by atoms with Gasteiger partial charge in [-0.3, -0.25) is 14.5 Å². The molecule has 0 bridgehead atoms. The summed E-state index contributed by atoms with van der Waals surface area (Å²) in [4.78, 5) is 30.4. The third-order valence-electron chi connectivity index (χ3n) is 6.74. The van der Waals surface area contributed by atoms with Crippen LogP contribution < -0.4 is 9.80 Å². The van der Waals surface area contributed by atoms with Crippen molar-refractivity contribution in [3.63, 3.8) is 0 Å². The zero-order valence-electron chi connectivity index (χ0n) is 20.4. The lowest BCUT2D eigenvalue weighted by molar-refractivity contribution is -0.132. The molecule has 1 fully saturated rings. The Labute approximate surface area is 205 Å². The third kappa shape index (κ3) is 4.32. The van der Waals surface area contributed by atoms with Gasteiger partial charge >= 0.3 is 0 Å². The Kier molecular flexibility index (Phi) is 6.74. The van der Waals surface area contributed by atoms with E-state index in [1.807, 2.05) is 56.3 Å². The van der Waals surface area contributed by atoms with Crippen molar-refractivity contribution in [2.24, 2.45) is 0 Å². The maximum Gasteiger partial charge on any atom is 0.300 e. The summed E-state index contributed by atoms with van der Waals surface area (Å²) in [5, 5.41) is 11.2. The Bertz CT molecular complexity index is 1290. The van der Waals surface area contributed by atoms with Gasteiger partial charge in [0.1, 0.15) is 11.6 Å². The van der Waals surface area contributed by atoms with Gasteiger partial charge in [0.05, 0.1) is 11.6 Å². The molecule has 5 nitrogen and oxygen atoms in total. The summed E-state index contributed by atoms with van der Waals surface area (Å²) in [6.45, 7) is 9.71. The lowest BCUT2D eigenvalue weighted by Gasteiger charge is -2.28. The molecule has 1 aliphatic heterocycles. The van der Waals surface area contributed by atoms with E-state index in [-0.39, 0.29) is 16.9 Å². The van der Waals surface area contributed by atoms with Crippen LogP contribution in [0.2, 0.25) is 0 Å². The Balaban J connectivity index is 1.93. The topological polar surface area (TPSA) is 60.9 Å². The largest absolute Gasteiger partial charge is 0.507 e. The fourth-order valence-corrected chi connectivity index (χ4v) is 4.61. The van der Waals surface area contributed by atoms with E-state index < -0.39 is 23.5 Å². The molecule has 0 aromatic heterocycles. The molecule has 1 atom stereocenters. The minimum absolute atomic E-state index is 0.0156. The molecular formula is C29H29FN2O3. The van der Waals surface area contributed by atoms with Crippen LogP contribution in [-0.2, 0) is 9.59 Å². The van der Waals surface area contributed by atoms with E-state index in [0.717, 1.165) is 29.9 Å². The van der Waals surface area contributed by atoms with Crippen LogP contribution in [0.4, 0.5) is 15.8 Å². The fraction of sp³-hybridized carbons (Fsp3) is 0.241. The first-order valence-electron chi connectivity index (χ1n) is 11.8. The maximum absolute atomic E-state index is 13.5. The number of benzene rings is 3. The number of anilines is 2. The van der Waals surface area contributed by atoms with Gasteiger partial charge in [0.25, 0.3) is 11.7 Å². The molecule has 0 radical (unpaired) electrons. The SMILES string of the molecule is CCN(CC)c1ccc(C2/C(=C(\O)c3ccc(F)cc3)C(=O)C(=O)N2c2cccc(C)c2C)cc1. The van der Waals surface area contributed by atoms with Gasteiger partial charge in [0.15, 0.2) is 0 Å². The van der Waals surface area contributed by atoms with Crippen LogP contribution in [0.15, 0.2) is 72.3 Å². The number of hydrogen-bond acceptors (Lipinski definition) is 4. The molecular weight excluding hydrogens is 443 g/mol. The van der Waals surface area contributed by atoms with Gasteiger partial charge in [0.2, 0.25) is 0 Å². The van der Waals surface area contributed by atoms with Gasteiger partial charge in [0, 0.05) is 30.0 Å². The quantitative estimate of drug-likeness (QED) is 0.275. The fourth-order valence-electron chi connectivity index (χ4n) is 4.61. The molecule has 3 aromatic rings. The molecule has 1 unspecified atom stereocenters. The molecule has 35 heavy (non-hydrogen) atoms. The monoisotopic (exact) mass is 472 g/mol. The van der Waals surface area contributed by atoms with Crippen molar-refractivity contribution in [1.29, 1.82) is 0 Å². The van der Waals surface area contributed by atoms with Crippen molar-refractivity contribution in [2.45, 2.75) is 33.7 Å². The van der Waals surface area contributed by atoms with Crippen molar-refractivity contribution in [3.05, 3.63) is 100 Å². The second-order valence-electron chi connectivity index (χ2n) is 8.66. The number of hydrogen-bond donors (Lipinski definition) is 1. The number of amides is 1. The number of carbonyl (C=O) groups is 2. The second-order valence-corrected chi connectivity index (χ2v) is 8.66. The van der Waals surface area contributed by atoms with Crippen molar-refractivity contribution in [3.8, 4) is 0 Å². The molecule has 0 spiro atoms. The van der Waals surface area contributed by atoms with Crippen LogP contribution in [0.25, 0.3) is 5.76 Å². The Morgan fingerprint density at radius 1 is 0.943 bits per heavy atom. The highest BCUT2D eigenvalue weighted by molar-refractivity contribution is 6.51. The van der Waals surface area contributed by atoms with E-state index in [4.69, 9.17) is 0 Å². The van der Waals surface area contributed by atoms with Crippen molar-refractivity contribution in [1.82, 2.24) is 0 Å². The molecule has 0 aliphatic carbocycles. The van der Waals surface area contributed by atoms with E-state index in [9.17, 15) is 19.1 Å². The average molecular weight is 473 g/mol. The van der Waals surface area contributed by atoms with E-state index in [1.165, 1.54) is 29.2 Å². The lowest BCUT2D eigenvalue weighted by Crippen LogP contribution is -2.30. The van der Waals surface area contributed by atoms with Crippen LogP contribution in [0.5, 0.6) is 0 Å². The molecule has 1 N–H and O–H groups in total. The highest BCUT2D eigenvalue weighted by Gasteiger charge is 2.47. The summed E-state index contributed by atoms with van der Waals surface area (Å²) in [6.07, 6.45) is 0. The Morgan fingerprint density at radius 3 is 2.17 bits per heavy atom. The molecule has 1 heterocycles. The van der Waals surface area contributed by atoms with E-state index in [1.54, 1.807) is 0 Å². The first kappa shape index (κ1) is 24.2. The molecule has 4 rings (SSSR count). The van der Waals surface area contributed by atoms with Crippen LogP contribution in [0.3, 0.4) is 0 Å². The first-order valence-corrected chi connectivity index (χ1v) is 11.8. The van der Waals surface area contributed by atoms with Gasteiger partial charge in [-0.05, 0) is 86.8 Å². The van der Waals surface area contributed by atoms with Gasteiger partial charge < -0.3 is 10.0 Å². The normalized spacial score (nSPS) is 17.2. The standard InChI is InChI=1S/C29H29FN2O3/c1-5-31(6-2)23-16-12-20(13-17-23)26-25(27(33)21-10-14-22(30)15-11-21)28(34)29(35)32(26)24-9-7-8-18(3)19(24)4/h7-17,26,33H,5-6H2,1-4H3/b27-25+. The molecule has 1 saturated heterocycles. The second kappa shape index (κ2) is 9.74. The predicted octanol–water partition coefficient (Wildman–Crippen LogP) is 5.92. The maximum atomic E-state index is 13.5. The molecule has 1 amide bonds. The number of aryl methyl sites for hydroxylation is 1. The first-order chi connectivity index (χ1) is 16.8. The van der Waals surface area contributed by atoms with Crippen molar-refractivity contribution in [2.75, 3.05) is 22.9 Å². The Hall–Kier alpha value is -3.93. The van der Waals surface area contributed by atoms with Crippen LogP contribution >= 0.6 is 0 Å². The summed E-state index contributed by atoms with van der Waals surface area (Å²) in [5.41, 5.74) is 4.46. The zero-order valence-corrected chi connectivity index (χ0v) is 20.4. The highest BCUT2D eigenvalue weighted by Crippen LogP contribution is 2.43. The van der Waals surface area contributed by atoms with Crippen LogP contribution in [-0.4, -0.2) is 29.9 Å². The number of nitrogens with zero attached hydrogens (tertiary/aromatic N) is 2. The summed E-state index contributed by atoms with van der Waals surface area (Å²) in [6, 6.07) is 17.7. The van der Waals surface area contributed by atoms with E-state index in [2.05, 4.69) is 18.7 Å². The molecule has 6 heteroatoms. The summed E-state index contributed by atoms with van der Waals surface area (Å²) in [7, 11) is 0. The zero-order chi connectivity index (χ0) is 25.3. The van der Waals surface area contributed by atoms with Gasteiger partial charge in [-0.25, -0.2) is 4.39 Å². The predicted molar refractivity (Wildman–Crippen MR) is 137 cm³/mol. The highest BCUT2D eigenvalue weighted by atomic mass is 19.1. The minimum atomic E-state index is -0.827. The number of Topliss-reactive ketones (excluding diaryl/α,β-unsaturated/α-hetero) is 1. The van der Waals surface area contributed by atoms with Crippen LogP contribution in [0.1, 0.15) is 42.1 Å². The van der Waals surface area contributed by atoms with Gasteiger partial charge in [-0.15, -0.1) is 0 Å². The average Bonchev–Trinajstić information content (AvgIpc) is 3.12. The summed E-state index contributed by atoms with van der Waals surface area (Å²) < 4.78 is 13.5. The van der Waals surface area contributed by atoms with Gasteiger partial charge in [-0.2, -0.15) is 0 Å². The summed E-state index contributed by atoms with van der Waals surface area (Å²) in [5.74, 6) is -2.26. The van der Waals surface area contributed by atoms with E-state index in [0.29, 0.717) is 11.3 Å². The number of ketones is 1. The summed E-state index contributed by atoms with van der Waals surface area (Å²) >= 11 is 0. The van der Waals surface area contributed by atoms with Crippen molar-refractivity contribution >= 4 is 28.8 Å². The number of carbonyl (C=O) groups excluding carboxylic acids is 2. The van der Waals surface area contributed by atoms with E-state index >= 15 is 0 Å². The number of rotatable bonds is 6. The third-order valence-corrected chi connectivity index (χ3v) is 6.74. The Morgan fingerprint density at radius 2 is 1.57 bits per heavy atom. The minimum Gasteiger partial charge on any atom is -0.507 e. The molecule has 1 aliphatic rings. The molecule has 180 valence electrons. The lowest BCUT2D eigenvalue weighted by atomic mass is 9.94. The van der Waals surface area contributed by atoms with Gasteiger partial charge in [-0.1, -0.05) is 24.3 Å². The molecule has 3 aromatic carbocycles. The smallest absolute Gasteiger partial charge is 0.300 e. The van der Waals surface area contributed by atoms with Crippen LogP contribution in [0, 0.1) is 19.7 Å². The number of halogens is 1. The van der Waals surface area contributed by atoms with Crippen molar-refractivity contribution < 1.29 is 19.1 Å². The number of aliphatic hydroxyl groups is 1. The molecule has 0 saturated carbocycles.